The minimum absolute atomic E-state index is 0.107. The summed E-state index contributed by atoms with van der Waals surface area (Å²) in [5.41, 5.74) is 2.81. The molecule has 146 valence electrons. The van der Waals surface area contributed by atoms with E-state index in [1.54, 1.807) is 17.6 Å². The molecule has 2 amide bonds. The lowest BCUT2D eigenvalue weighted by Crippen LogP contribution is -2.25. The molecule has 3 aromatic rings. The quantitative estimate of drug-likeness (QED) is 0.496. The molecule has 2 N–H and O–H groups in total. The number of nitrogens with one attached hydrogen (secondary N) is 2. The third kappa shape index (κ3) is 5.89. The Hall–Kier alpha value is -2.22. The van der Waals surface area contributed by atoms with E-state index in [9.17, 15) is 9.59 Å². The molecule has 0 aliphatic carbocycles. The third-order valence-corrected chi connectivity index (χ3v) is 6.07. The van der Waals surface area contributed by atoms with Gasteiger partial charge in [0.25, 0.3) is 5.91 Å². The second-order valence-electron chi connectivity index (χ2n) is 6.31. The van der Waals surface area contributed by atoms with E-state index in [0.717, 1.165) is 27.4 Å². The first kappa shape index (κ1) is 20.5. The Morgan fingerprint density at radius 2 is 2.11 bits per heavy atom. The fourth-order valence-electron chi connectivity index (χ4n) is 2.52. The van der Waals surface area contributed by atoms with E-state index in [-0.39, 0.29) is 11.8 Å². The summed E-state index contributed by atoms with van der Waals surface area (Å²) in [5.74, 6) is -0.216. The van der Waals surface area contributed by atoms with Gasteiger partial charge in [0.15, 0.2) is 5.13 Å². The summed E-state index contributed by atoms with van der Waals surface area (Å²) in [6.07, 6.45) is 3.39. The van der Waals surface area contributed by atoms with Gasteiger partial charge in [-0.25, -0.2) is 4.98 Å². The average Bonchev–Trinajstić information content (AvgIpc) is 3.34. The molecule has 28 heavy (non-hydrogen) atoms. The van der Waals surface area contributed by atoms with Gasteiger partial charge in [-0.05, 0) is 42.0 Å². The van der Waals surface area contributed by atoms with Crippen LogP contribution in [0.25, 0.3) is 0 Å². The Morgan fingerprint density at radius 1 is 1.25 bits per heavy atom. The summed E-state index contributed by atoms with van der Waals surface area (Å²) < 4.78 is 0. The third-order valence-electron chi connectivity index (χ3n) is 4.06. The molecule has 5 nitrogen and oxygen atoms in total. The molecule has 0 saturated heterocycles. The average molecular weight is 434 g/mol. The second-order valence-corrected chi connectivity index (χ2v) is 8.61. The molecule has 0 radical (unpaired) electrons. The Balaban J connectivity index is 1.41. The first-order valence-corrected chi connectivity index (χ1v) is 10.9. The first-order chi connectivity index (χ1) is 13.5. The van der Waals surface area contributed by atoms with E-state index in [2.05, 4.69) is 15.6 Å². The van der Waals surface area contributed by atoms with Gasteiger partial charge in [-0.15, -0.1) is 11.3 Å². The van der Waals surface area contributed by atoms with Crippen LogP contribution in [-0.2, 0) is 11.2 Å². The maximum absolute atomic E-state index is 12.1. The van der Waals surface area contributed by atoms with Gasteiger partial charge in [0.05, 0.1) is 0 Å². The maximum atomic E-state index is 12.1. The van der Waals surface area contributed by atoms with Crippen LogP contribution in [0.5, 0.6) is 0 Å². The van der Waals surface area contributed by atoms with E-state index < -0.39 is 0 Å². The zero-order valence-electron chi connectivity index (χ0n) is 15.3. The molecule has 2 aromatic heterocycles. The number of thiazole rings is 1. The number of nitrogens with zero attached hydrogens (tertiary/aromatic N) is 1. The highest BCUT2D eigenvalue weighted by Gasteiger charge is 2.09. The zero-order chi connectivity index (χ0) is 19.9. The summed E-state index contributed by atoms with van der Waals surface area (Å²) in [7, 11) is 0. The highest BCUT2D eigenvalue weighted by molar-refractivity contribution is 7.15. The molecule has 0 fully saturated rings. The number of benzene rings is 1. The lowest BCUT2D eigenvalue weighted by molar-refractivity contribution is -0.116. The number of thiophene rings is 1. The Labute approximate surface area is 176 Å². The van der Waals surface area contributed by atoms with Gasteiger partial charge >= 0.3 is 0 Å². The predicted molar refractivity (Wildman–Crippen MR) is 116 cm³/mol. The minimum atomic E-state index is -0.109. The van der Waals surface area contributed by atoms with E-state index in [1.807, 2.05) is 30.5 Å². The number of hydrogen-bond acceptors (Lipinski definition) is 5. The van der Waals surface area contributed by atoms with Crippen molar-refractivity contribution in [1.82, 2.24) is 10.3 Å². The second kappa shape index (κ2) is 9.82. The van der Waals surface area contributed by atoms with Crippen LogP contribution in [0.3, 0.4) is 0 Å². The number of carbonyl (C=O) groups is 2. The molecule has 0 aliphatic rings. The molecule has 0 aliphatic heterocycles. The molecule has 0 atom stereocenters. The molecule has 0 saturated carbocycles. The van der Waals surface area contributed by atoms with Crippen molar-refractivity contribution in [2.75, 3.05) is 11.9 Å². The monoisotopic (exact) mass is 433 g/mol. The molecule has 0 bridgehead atoms. The van der Waals surface area contributed by atoms with Gasteiger partial charge in [-0.1, -0.05) is 23.7 Å². The fraction of sp³-hybridized carbons (Fsp3) is 0.250. The first-order valence-electron chi connectivity index (χ1n) is 8.81. The van der Waals surface area contributed by atoms with E-state index >= 15 is 0 Å². The van der Waals surface area contributed by atoms with Gasteiger partial charge < -0.3 is 10.6 Å². The standard InChI is InChI=1S/C20H20ClN3O2S2/c1-13-4-5-14(10-17(13)21)9-16-11-23-20(28-16)24-18(25)3-2-7-22-19(26)15-6-8-27-12-15/h4-6,8,10-12H,2-3,7,9H2,1H3,(H,22,26)(H,23,24,25). The van der Waals surface area contributed by atoms with Crippen LogP contribution < -0.4 is 10.6 Å². The summed E-state index contributed by atoms with van der Waals surface area (Å²) in [5, 5.41) is 10.6. The number of hydrogen-bond donors (Lipinski definition) is 2. The summed E-state index contributed by atoms with van der Waals surface area (Å²) in [6.45, 7) is 2.43. The molecular weight excluding hydrogens is 414 g/mol. The van der Waals surface area contributed by atoms with Crippen LogP contribution in [0.4, 0.5) is 5.13 Å². The molecule has 3 rings (SSSR count). The predicted octanol–water partition coefficient (Wildman–Crippen LogP) is 4.91. The van der Waals surface area contributed by atoms with E-state index in [1.165, 1.54) is 22.7 Å². The number of anilines is 1. The van der Waals surface area contributed by atoms with Crippen molar-refractivity contribution in [2.45, 2.75) is 26.2 Å². The Morgan fingerprint density at radius 3 is 2.86 bits per heavy atom. The van der Waals surface area contributed by atoms with Crippen LogP contribution in [0, 0.1) is 6.92 Å². The number of aromatic nitrogens is 1. The molecule has 2 heterocycles. The molecule has 1 aromatic carbocycles. The van der Waals surface area contributed by atoms with Crippen molar-refractivity contribution < 1.29 is 9.59 Å². The van der Waals surface area contributed by atoms with Crippen molar-refractivity contribution >= 4 is 51.2 Å². The van der Waals surface area contributed by atoms with Gasteiger partial charge in [-0.3, -0.25) is 9.59 Å². The number of halogens is 1. The summed E-state index contributed by atoms with van der Waals surface area (Å²) >= 11 is 9.10. The number of carbonyl (C=O) groups excluding carboxylic acids is 2. The number of rotatable bonds is 8. The van der Waals surface area contributed by atoms with E-state index in [4.69, 9.17) is 11.6 Å². The smallest absolute Gasteiger partial charge is 0.252 e. The lowest BCUT2D eigenvalue weighted by atomic mass is 10.1. The largest absolute Gasteiger partial charge is 0.352 e. The minimum Gasteiger partial charge on any atom is -0.352 e. The van der Waals surface area contributed by atoms with Crippen LogP contribution >= 0.6 is 34.3 Å². The van der Waals surface area contributed by atoms with Gasteiger partial charge in [-0.2, -0.15) is 11.3 Å². The van der Waals surface area contributed by atoms with Crippen molar-refractivity contribution in [2.24, 2.45) is 0 Å². The molecule has 0 unspecified atom stereocenters. The van der Waals surface area contributed by atoms with Crippen LogP contribution in [0.2, 0.25) is 5.02 Å². The van der Waals surface area contributed by atoms with Crippen molar-refractivity contribution in [1.29, 1.82) is 0 Å². The van der Waals surface area contributed by atoms with Crippen LogP contribution in [-0.4, -0.2) is 23.3 Å². The highest BCUT2D eigenvalue weighted by Crippen LogP contribution is 2.24. The van der Waals surface area contributed by atoms with Gasteiger partial charge in [0.2, 0.25) is 5.91 Å². The SMILES string of the molecule is Cc1ccc(Cc2cnc(NC(=O)CCCNC(=O)c3ccsc3)s2)cc1Cl. The molecule has 8 heteroatoms. The van der Waals surface area contributed by atoms with Gasteiger partial charge in [0, 0.05) is 46.4 Å². The fourth-order valence-corrected chi connectivity index (χ4v) is 4.22. The van der Waals surface area contributed by atoms with Crippen LogP contribution in [0.1, 0.15) is 39.2 Å². The van der Waals surface area contributed by atoms with Crippen molar-refractivity contribution in [3.63, 3.8) is 0 Å². The Bertz CT molecular complexity index is 954. The lowest BCUT2D eigenvalue weighted by Gasteiger charge is -2.04. The summed E-state index contributed by atoms with van der Waals surface area (Å²) in [4.78, 5) is 29.2. The number of amides is 2. The molecule has 0 spiro atoms. The molecular formula is C20H20ClN3O2S2. The number of aryl methyl sites for hydroxylation is 1. The zero-order valence-corrected chi connectivity index (χ0v) is 17.7. The Kier molecular flexibility index (Phi) is 7.19. The highest BCUT2D eigenvalue weighted by atomic mass is 35.5. The topological polar surface area (TPSA) is 71.1 Å². The van der Waals surface area contributed by atoms with Crippen molar-refractivity contribution in [3.8, 4) is 0 Å². The van der Waals surface area contributed by atoms with Crippen molar-refractivity contribution in [3.05, 3.63) is 67.8 Å². The normalized spacial score (nSPS) is 10.6. The van der Waals surface area contributed by atoms with E-state index in [0.29, 0.717) is 30.1 Å². The maximum Gasteiger partial charge on any atom is 0.252 e. The van der Waals surface area contributed by atoms with Crippen LogP contribution in [0.15, 0.2) is 41.2 Å². The summed E-state index contributed by atoms with van der Waals surface area (Å²) in [6, 6.07) is 7.78. The van der Waals surface area contributed by atoms with Gasteiger partial charge in [0.1, 0.15) is 0 Å².